The van der Waals surface area contributed by atoms with Crippen LogP contribution in [0.4, 0.5) is 17.2 Å². The lowest BCUT2D eigenvalue weighted by Gasteiger charge is -2.32. The fraction of sp³-hybridized carbons (Fsp3) is 0.455. The summed E-state index contributed by atoms with van der Waals surface area (Å²) in [5.74, 6) is 0.928. The molecule has 0 radical (unpaired) electrons. The van der Waals surface area contributed by atoms with Gasteiger partial charge in [-0.15, -0.1) is 0 Å². The molecule has 30 heavy (non-hydrogen) atoms. The van der Waals surface area contributed by atoms with Crippen molar-refractivity contribution >= 4 is 33.1 Å². The second kappa shape index (κ2) is 8.63. The monoisotopic (exact) mass is 428 g/mol. The van der Waals surface area contributed by atoms with Gasteiger partial charge in [-0.1, -0.05) is 19.3 Å². The summed E-state index contributed by atoms with van der Waals surface area (Å²) in [6.45, 7) is 0.677. The number of rotatable bonds is 6. The minimum Gasteiger partial charge on any atom is -0.357 e. The van der Waals surface area contributed by atoms with E-state index in [2.05, 4.69) is 21.7 Å². The highest BCUT2D eigenvalue weighted by Gasteiger charge is 2.23. The van der Waals surface area contributed by atoms with Crippen molar-refractivity contribution in [3.63, 3.8) is 0 Å². The molecule has 1 aromatic heterocycles. The number of hydrogen-bond acceptors (Lipinski definition) is 5. The molecule has 1 saturated carbocycles. The van der Waals surface area contributed by atoms with Crippen LogP contribution in [-0.2, 0) is 14.8 Å². The minimum atomic E-state index is -3.73. The van der Waals surface area contributed by atoms with Gasteiger partial charge in [0.25, 0.3) is 10.0 Å². The first-order valence-electron chi connectivity index (χ1n) is 10.6. The van der Waals surface area contributed by atoms with Gasteiger partial charge in [-0.25, -0.2) is 13.4 Å². The molecule has 8 heteroatoms. The highest BCUT2D eigenvalue weighted by Crippen LogP contribution is 2.27. The van der Waals surface area contributed by atoms with E-state index in [0.717, 1.165) is 17.9 Å². The van der Waals surface area contributed by atoms with Crippen molar-refractivity contribution in [1.82, 2.24) is 4.98 Å². The smallest absolute Gasteiger partial charge is 0.261 e. The van der Waals surface area contributed by atoms with Crippen LogP contribution < -0.4 is 14.5 Å². The van der Waals surface area contributed by atoms with Gasteiger partial charge in [0.1, 0.15) is 5.82 Å². The lowest BCUT2D eigenvalue weighted by Crippen LogP contribution is -2.33. The molecule has 0 spiro atoms. The summed E-state index contributed by atoms with van der Waals surface area (Å²) >= 11 is 0. The Morgan fingerprint density at radius 2 is 1.77 bits per heavy atom. The Morgan fingerprint density at radius 1 is 1.03 bits per heavy atom. The van der Waals surface area contributed by atoms with E-state index in [1.807, 2.05) is 6.07 Å². The van der Waals surface area contributed by atoms with Crippen molar-refractivity contribution in [3.05, 3.63) is 42.6 Å². The summed E-state index contributed by atoms with van der Waals surface area (Å²) in [5.41, 5.74) is 1.16. The molecule has 2 aromatic rings. The SMILES string of the molecule is CN(c1ccc(NS(=O)(=O)c2ccc(N3CCCC3=O)cc2)cn1)C1CCCCC1. The fourth-order valence-corrected chi connectivity index (χ4v) is 5.29. The third kappa shape index (κ3) is 4.43. The number of amides is 1. The Kier molecular flexibility index (Phi) is 5.94. The first-order valence-corrected chi connectivity index (χ1v) is 12.0. The van der Waals surface area contributed by atoms with Gasteiger partial charge in [-0.2, -0.15) is 0 Å². The second-order valence-electron chi connectivity index (χ2n) is 8.06. The average molecular weight is 429 g/mol. The Labute approximate surface area is 178 Å². The molecule has 1 aliphatic heterocycles. The van der Waals surface area contributed by atoms with E-state index in [0.29, 0.717) is 24.7 Å². The van der Waals surface area contributed by atoms with Crippen LogP contribution in [-0.4, -0.2) is 38.9 Å². The van der Waals surface area contributed by atoms with Crippen molar-refractivity contribution < 1.29 is 13.2 Å². The topological polar surface area (TPSA) is 82.6 Å². The Balaban J connectivity index is 1.43. The molecule has 1 aromatic carbocycles. The number of carbonyl (C=O) groups is 1. The number of nitrogens with zero attached hydrogens (tertiary/aromatic N) is 3. The van der Waals surface area contributed by atoms with E-state index in [1.54, 1.807) is 29.3 Å². The van der Waals surface area contributed by atoms with E-state index >= 15 is 0 Å². The van der Waals surface area contributed by atoms with Crippen LogP contribution in [0.1, 0.15) is 44.9 Å². The van der Waals surface area contributed by atoms with Gasteiger partial charge in [0.05, 0.1) is 16.8 Å². The Morgan fingerprint density at radius 3 is 2.37 bits per heavy atom. The Hall–Kier alpha value is -2.61. The maximum atomic E-state index is 12.7. The molecule has 4 rings (SSSR count). The molecular weight excluding hydrogens is 400 g/mol. The van der Waals surface area contributed by atoms with Gasteiger partial charge < -0.3 is 9.80 Å². The predicted octanol–water partition coefficient (Wildman–Crippen LogP) is 3.78. The normalized spacial score (nSPS) is 17.9. The molecule has 0 bridgehead atoms. The maximum Gasteiger partial charge on any atom is 0.261 e. The van der Waals surface area contributed by atoms with Crippen molar-refractivity contribution in [3.8, 4) is 0 Å². The third-order valence-electron chi connectivity index (χ3n) is 6.02. The van der Waals surface area contributed by atoms with Crippen molar-refractivity contribution in [1.29, 1.82) is 0 Å². The maximum absolute atomic E-state index is 12.7. The van der Waals surface area contributed by atoms with Crippen LogP contribution in [0.5, 0.6) is 0 Å². The summed E-state index contributed by atoms with van der Waals surface area (Å²) in [5, 5.41) is 0. The first-order chi connectivity index (χ1) is 14.4. The number of aromatic nitrogens is 1. The molecule has 0 atom stereocenters. The highest BCUT2D eigenvalue weighted by molar-refractivity contribution is 7.92. The number of nitrogens with one attached hydrogen (secondary N) is 1. The molecular formula is C22H28N4O3S. The Bertz CT molecular complexity index is 984. The van der Waals surface area contributed by atoms with Gasteiger partial charge in [-0.05, 0) is 55.7 Å². The fourth-order valence-electron chi connectivity index (χ4n) is 4.25. The van der Waals surface area contributed by atoms with Crippen molar-refractivity contribution in [2.45, 2.75) is 55.9 Å². The predicted molar refractivity (Wildman–Crippen MR) is 118 cm³/mol. The van der Waals surface area contributed by atoms with Gasteiger partial charge >= 0.3 is 0 Å². The summed E-state index contributed by atoms with van der Waals surface area (Å²) < 4.78 is 28.1. The van der Waals surface area contributed by atoms with Gasteiger partial charge in [0, 0.05) is 31.7 Å². The number of carbonyl (C=O) groups excluding carboxylic acids is 1. The van der Waals surface area contributed by atoms with Crippen molar-refractivity contribution in [2.24, 2.45) is 0 Å². The van der Waals surface area contributed by atoms with E-state index in [4.69, 9.17) is 0 Å². The van der Waals surface area contributed by atoms with Gasteiger partial charge in [-0.3, -0.25) is 9.52 Å². The summed E-state index contributed by atoms with van der Waals surface area (Å²) in [4.78, 5) is 20.4. The van der Waals surface area contributed by atoms with Crippen molar-refractivity contribution in [2.75, 3.05) is 28.1 Å². The largest absolute Gasteiger partial charge is 0.357 e. The number of sulfonamides is 1. The zero-order valence-electron chi connectivity index (χ0n) is 17.3. The van der Waals surface area contributed by atoms with E-state index in [9.17, 15) is 13.2 Å². The van der Waals surface area contributed by atoms with Crippen LogP contribution in [0.15, 0.2) is 47.5 Å². The quantitative estimate of drug-likeness (QED) is 0.757. The summed E-state index contributed by atoms with van der Waals surface area (Å²) in [6.07, 6.45) is 9.07. The third-order valence-corrected chi connectivity index (χ3v) is 7.41. The minimum absolute atomic E-state index is 0.0769. The number of benzene rings is 1. The number of hydrogen-bond donors (Lipinski definition) is 1. The lowest BCUT2D eigenvalue weighted by atomic mass is 9.94. The van der Waals surface area contributed by atoms with Crippen LogP contribution in [0.2, 0.25) is 0 Å². The standard InChI is InChI=1S/C22H28N4O3S/c1-25(18-6-3-2-4-7-18)21-14-9-17(16-23-21)24-30(28,29)20-12-10-19(11-13-20)26-15-5-8-22(26)27/h9-14,16,18,24H,2-8,15H2,1H3. The highest BCUT2D eigenvalue weighted by atomic mass is 32.2. The van der Waals surface area contributed by atoms with Gasteiger partial charge in [0.2, 0.25) is 5.91 Å². The lowest BCUT2D eigenvalue weighted by molar-refractivity contribution is -0.117. The molecule has 0 unspecified atom stereocenters. The first kappa shape index (κ1) is 20.7. The number of pyridine rings is 1. The van der Waals surface area contributed by atoms with Crippen LogP contribution in [0, 0.1) is 0 Å². The summed E-state index contributed by atoms with van der Waals surface area (Å²) in [6, 6.07) is 10.5. The molecule has 1 N–H and O–H groups in total. The molecule has 2 aliphatic rings. The summed E-state index contributed by atoms with van der Waals surface area (Å²) in [7, 11) is -1.68. The zero-order valence-corrected chi connectivity index (χ0v) is 18.1. The molecule has 1 amide bonds. The van der Waals surface area contributed by atoms with E-state index < -0.39 is 10.0 Å². The zero-order chi connectivity index (χ0) is 21.1. The molecule has 7 nitrogen and oxygen atoms in total. The van der Waals surface area contributed by atoms with Crippen LogP contribution >= 0.6 is 0 Å². The molecule has 160 valence electrons. The van der Waals surface area contributed by atoms with Crippen LogP contribution in [0.3, 0.4) is 0 Å². The van der Waals surface area contributed by atoms with E-state index in [1.165, 1.54) is 44.2 Å². The molecule has 2 fully saturated rings. The number of anilines is 3. The average Bonchev–Trinajstić information content (AvgIpc) is 3.20. The second-order valence-corrected chi connectivity index (χ2v) is 9.74. The molecule has 2 heterocycles. The molecule has 1 saturated heterocycles. The van der Waals surface area contributed by atoms with E-state index in [-0.39, 0.29) is 10.8 Å². The van der Waals surface area contributed by atoms with Crippen LogP contribution in [0.25, 0.3) is 0 Å². The molecule has 1 aliphatic carbocycles. The van der Waals surface area contributed by atoms with Gasteiger partial charge in [0.15, 0.2) is 0 Å².